The van der Waals surface area contributed by atoms with Gasteiger partial charge in [0, 0.05) is 11.4 Å². The van der Waals surface area contributed by atoms with E-state index in [4.69, 9.17) is 11.6 Å². The number of carbonyl (C=O) groups excluding carboxylic acids is 1. The molecular weight excluding hydrogens is 208 g/mol. The van der Waals surface area contributed by atoms with Gasteiger partial charge in [-0.1, -0.05) is 35.9 Å². The lowest BCUT2D eigenvalue weighted by atomic mass is 10.1. The van der Waals surface area contributed by atoms with Crippen LogP contribution in [0.3, 0.4) is 0 Å². The van der Waals surface area contributed by atoms with Crippen molar-refractivity contribution in [2.75, 3.05) is 0 Å². The zero-order chi connectivity index (χ0) is 10.9. The van der Waals surface area contributed by atoms with Crippen LogP contribution in [-0.4, -0.2) is 6.29 Å². The SMILES string of the molecule is O=CCCC=CCCc1ccc(Cl)cc1. The molecule has 1 aromatic carbocycles. The molecular formula is C13H15ClO. The standard InChI is InChI=1S/C13H15ClO/c14-13-9-7-12(8-10-13)6-4-2-1-3-5-11-15/h1-2,7-11H,3-6H2. The molecule has 80 valence electrons. The van der Waals surface area contributed by atoms with Crippen LogP contribution in [0.4, 0.5) is 0 Å². The fraction of sp³-hybridized carbons (Fsp3) is 0.308. The fourth-order valence-corrected chi connectivity index (χ4v) is 1.43. The van der Waals surface area contributed by atoms with Crippen molar-refractivity contribution in [3.8, 4) is 0 Å². The van der Waals surface area contributed by atoms with E-state index in [2.05, 4.69) is 12.2 Å². The highest BCUT2D eigenvalue weighted by molar-refractivity contribution is 6.30. The third-order valence-electron chi connectivity index (χ3n) is 2.13. The Balaban J connectivity index is 2.22. The van der Waals surface area contributed by atoms with Crippen LogP contribution in [0, 0.1) is 0 Å². The van der Waals surface area contributed by atoms with Gasteiger partial charge in [0.15, 0.2) is 0 Å². The Morgan fingerprint density at radius 2 is 1.67 bits per heavy atom. The van der Waals surface area contributed by atoms with Crippen molar-refractivity contribution in [1.82, 2.24) is 0 Å². The van der Waals surface area contributed by atoms with Crippen LogP contribution in [0.25, 0.3) is 0 Å². The van der Waals surface area contributed by atoms with Crippen molar-refractivity contribution in [2.24, 2.45) is 0 Å². The molecule has 0 aliphatic carbocycles. The first kappa shape index (κ1) is 12.0. The number of hydrogen-bond acceptors (Lipinski definition) is 1. The largest absolute Gasteiger partial charge is 0.303 e. The third kappa shape index (κ3) is 5.38. The maximum Gasteiger partial charge on any atom is 0.120 e. The Morgan fingerprint density at radius 3 is 2.33 bits per heavy atom. The van der Waals surface area contributed by atoms with Gasteiger partial charge in [-0.2, -0.15) is 0 Å². The average Bonchev–Trinajstić information content (AvgIpc) is 2.26. The van der Waals surface area contributed by atoms with E-state index in [-0.39, 0.29) is 0 Å². The van der Waals surface area contributed by atoms with Crippen LogP contribution in [0.15, 0.2) is 36.4 Å². The van der Waals surface area contributed by atoms with Crippen molar-refractivity contribution in [1.29, 1.82) is 0 Å². The lowest BCUT2D eigenvalue weighted by molar-refractivity contribution is -0.107. The van der Waals surface area contributed by atoms with Gasteiger partial charge in [0.25, 0.3) is 0 Å². The van der Waals surface area contributed by atoms with Crippen LogP contribution in [-0.2, 0) is 11.2 Å². The van der Waals surface area contributed by atoms with Gasteiger partial charge in [-0.15, -0.1) is 0 Å². The van der Waals surface area contributed by atoms with Gasteiger partial charge in [0.1, 0.15) is 6.29 Å². The van der Waals surface area contributed by atoms with Gasteiger partial charge in [-0.3, -0.25) is 0 Å². The minimum absolute atomic E-state index is 0.622. The number of hydrogen-bond donors (Lipinski definition) is 0. The van der Waals surface area contributed by atoms with Crippen molar-refractivity contribution >= 4 is 17.9 Å². The first-order valence-corrected chi connectivity index (χ1v) is 5.54. The number of aryl methyl sites for hydroxylation is 1. The monoisotopic (exact) mass is 222 g/mol. The summed E-state index contributed by atoms with van der Waals surface area (Å²) in [5, 5.41) is 0.778. The molecule has 0 heterocycles. The second-order valence-corrected chi connectivity index (χ2v) is 3.82. The summed E-state index contributed by atoms with van der Waals surface area (Å²) in [5.41, 5.74) is 1.29. The molecule has 0 aliphatic heterocycles. The van der Waals surface area contributed by atoms with E-state index >= 15 is 0 Å². The summed E-state index contributed by atoms with van der Waals surface area (Å²) in [5.74, 6) is 0. The Morgan fingerprint density at radius 1 is 1.00 bits per heavy atom. The number of halogens is 1. The van der Waals surface area contributed by atoms with Gasteiger partial charge in [0.2, 0.25) is 0 Å². The van der Waals surface area contributed by atoms with Crippen molar-refractivity contribution < 1.29 is 4.79 Å². The zero-order valence-corrected chi connectivity index (χ0v) is 9.41. The molecule has 0 radical (unpaired) electrons. The van der Waals surface area contributed by atoms with Gasteiger partial charge in [-0.25, -0.2) is 0 Å². The Bertz CT molecular complexity index is 314. The molecule has 15 heavy (non-hydrogen) atoms. The maximum atomic E-state index is 10.0. The molecule has 0 unspecified atom stereocenters. The molecule has 0 amide bonds. The van der Waals surface area contributed by atoms with Crippen LogP contribution in [0.5, 0.6) is 0 Å². The Kier molecular flexibility index (Phi) is 5.79. The van der Waals surface area contributed by atoms with Crippen LogP contribution >= 0.6 is 11.6 Å². The Labute approximate surface area is 95.8 Å². The predicted molar refractivity (Wildman–Crippen MR) is 64.2 cm³/mol. The third-order valence-corrected chi connectivity index (χ3v) is 2.38. The highest BCUT2D eigenvalue weighted by Crippen LogP contribution is 2.11. The highest BCUT2D eigenvalue weighted by atomic mass is 35.5. The first-order valence-electron chi connectivity index (χ1n) is 5.16. The van der Waals surface area contributed by atoms with E-state index in [1.54, 1.807) is 0 Å². The van der Waals surface area contributed by atoms with E-state index in [0.29, 0.717) is 6.42 Å². The smallest absolute Gasteiger partial charge is 0.120 e. The summed E-state index contributed by atoms with van der Waals surface area (Å²) in [6.45, 7) is 0. The van der Waals surface area contributed by atoms with E-state index in [9.17, 15) is 4.79 Å². The molecule has 1 nitrogen and oxygen atoms in total. The number of allylic oxidation sites excluding steroid dienone is 2. The minimum Gasteiger partial charge on any atom is -0.303 e. The molecule has 0 spiro atoms. The van der Waals surface area contributed by atoms with Crippen LogP contribution in [0.2, 0.25) is 5.02 Å². The molecule has 0 aromatic heterocycles. The van der Waals surface area contributed by atoms with Gasteiger partial charge in [0.05, 0.1) is 0 Å². The van der Waals surface area contributed by atoms with E-state index < -0.39 is 0 Å². The topological polar surface area (TPSA) is 17.1 Å². The first-order chi connectivity index (χ1) is 7.33. The summed E-state index contributed by atoms with van der Waals surface area (Å²) in [6, 6.07) is 7.91. The lowest BCUT2D eigenvalue weighted by Gasteiger charge is -1.97. The van der Waals surface area contributed by atoms with Gasteiger partial charge >= 0.3 is 0 Å². The molecule has 0 atom stereocenters. The molecule has 0 saturated carbocycles. The fourth-order valence-electron chi connectivity index (χ4n) is 1.30. The molecule has 1 rings (SSSR count). The number of benzene rings is 1. The van der Waals surface area contributed by atoms with E-state index in [0.717, 1.165) is 30.6 Å². The maximum absolute atomic E-state index is 10.0. The predicted octanol–water partition coefficient (Wildman–Crippen LogP) is 3.81. The van der Waals surface area contributed by atoms with Gasteiger partial charge in [-0.05, 0) is 37.0 Å². The van der Waals surface area contributed by atoms with Gasteiger partial charge < -0.3 is 4.79 Å². The number of unbranched alkanes of at least 4 members (excludes halogenated alkanes) is 1. The van der Waals surface area contributed by atoms with E-state index in [1.165, 1.54) is 5.56 Å². The van der Waals surface area contributed by atoms with E-state index in [1.807, 2.05) is 24.3 Å². The van der Waals surface area contributed by atoms with Crippen molar-refractivity contribution in [3.63, 3.8) is 0 Å². The molecule has 0 aliphatic rings. The van der Waals surface area contributed by atoms with Crippen LogP contribution < -0.4 is 0 Å². The van der Waals surface area contributed by atoms with Crippen LogP contribution in [0.1, 0.15) is 24.8 Å². The zero-order valence-electron chi connectivity index (χ0n) is 8.66. The summed E-state index contributed by atoms with van der Waals surface area (Å²) < 4.78 is 0. The summed E-state index contributed by atoms with van der Waals surface area (Å²) in [6.07, 6.45) is 8.64. The number of aldehydes is 1. The second-order valence-electron chi connectivity index (χ2n) is 3.38. The normalized spacial score (nSPS) is 10.7. The van der Waals surface area contributed by atoms with Crippen molar-refractivity contribution in [2.45, 2.75) is 25.7 Å². The summed E-state index contributed by atoms with van der Waals surface area (Å²) in [4.78, 5) is 10.0. The molecule has 0 bridgehead atoms. The summed E-state index contributed by atoms with van der Waals surface area (Å²) >= 11 is 5.78. The average molecular weight is 223 g/mol. The molecule has 1 aromatic rings. The highest BCUT2D eigenvalue weighted by Gasteiger charge is 1.91. The molecule has 0 saturated heterocycles. The Hall–Kier alpha value is -1.08. The minimum atomic E-state index is 0.622. The molecule has 0 N–H and O–H groups in total. The quantitative estimate of drug-likeness (QED) is 0.407. The number of rotatable bonds is 6. The van der Waals surface area contributed by atoms with Crippen molar-refractivity contribution in [3.05, 3.63) is 47.0 Å². The number of carbonyl (C=O) groups is 1. The molecule has 0 fully saturated rings. The molecule has 2 heteroatoms. The second kappa shape index (κ2) is 7.24. The lowest BCUT2D eigenvalue weighted by Crippen LogP contribution is -1.82. The summed E-state index contributed by atoms with van der Waals surface area (Å²) in [7, 11) is 0.